The van der Waals surface area contributed by atoms with Gasteiger partial charge < -0.3 is 24.3 Å². The number of hydrogen-bond acceptors (Lipinski definition) is 7. The van der Waals surface area contributed by atoms with E-state index in [2.05, 4.69) is 25.2 Å². The van der Waals surface area contributed by atoms with Gasteiger partial charge in [0.05, 0.1) is 13.7 Å². The third kappa shape index (κ3) is 3.72. The molecule has 31 heavy (non-hydrogen) atoms. The predicted molar refractivity (Wildman–Crippen MR) is 114 cm³/mol. The summed E-state index contributed by atoms with van der Waals surface area (Å²) in [6, 6.07) is 9.11. The summed E-state index contributed by atoms with van der Waals surface area (Å²) >= 11 is 0. The molecule has 5 rings (SSSR count). The van der Waals surface area contributed by atoms with Crippen molar-refractivity contribution in [2.45, 2.75) is 31.1 Å². The van der Waals surface area contributed by atoms with Crippen LogP contribution in [0, 0.1) is 0 Å². The minimum atomic E-state index is -0.618. The van der Waals surface area contributed by atoms with E-state index in [9.17, 15) is 4.79 Å². The molecule has 1 saturated heterocycles. The van der Waals surface area contributed by atoms with Gasteiger partial charge in [0.2, 0.25) is 5.95 Å². The van der Waals surface area contributed by atoms with E-state index < -0.39 is 11.7 Å². The molecule has 2 aliphatic heterocycles. The lowest BCUT2D eigenvalue weighted by molar-refractivity contribution is -0.162. The van der Waals surface area contributed by atoms with Crippen molar-refractivity contribution >= 4 is 17.5 Å². The summed E-state index contributed by atoms with van der Waals surface area (Å²) in [7, 11) is 1.60. The van der Waals surface area contributed by atoms with Crippen LogP contribution in [0.2, 0.25) is 0 Å². The van der Waals surface area contributed by atoms with Gasteiger partial charge in [0.1, 0.15) is 17.2 Å². The number of carbonyl (C=O) groups is 1. The Labute approximate surface area is 180 Å². The average molecular weight is 420 g/mol. The Morgan fingerprint density at radius 1 is 1.16 bits per heavy atom. The number of piperidine rings is 1. The van der Waals surface area contributed by atoms with Crippen LogP contribution in [0.15, 0.2) is 55.1 Å². The highest BCUT2D eigenvalue weighted by molar-refractivity contribution is 5.94. The molecule has 1 amide bonds. The Morgan fingerprint density at radius 3 is 2.74 bits per heavy atom. The third-order valence-electron chi connectivity index (χ3n) is 5.89. The maximum Gasteiger partial charge on any atom is 0.255 e. The highest BCUT2D eigenvalue weighted by atomic mass is 16.5. The lowest BCUT2D eigenvalue weighted by Crippen LogP contribution is -2.53. The molecule has 2 aromatic heterocycles. The SMILES string of the molecule is COc1cccc(NC(=O)[C@H]2Cn3ccnc3C3(CCN(c4ncccn4)CC3)O2)c1. The number of imidazole rings is 1. The summed E-state index contributed by atoms with van der Waals surface area (Å²) in [5.41, 5.74) is 0.0677. The van der Waals surface area contributed by atoms with Crippen molar-refractivity contribution < 1.29 is 14.3 Å². The third-order valence-corrected chi connectivity index (χ3v) is 5.89. The van der Waals surface area contributed by atoms with E-state index in [1.165, 1.54) is 0 Å². The van der Waals surface area contributed by atoms with Crippen LogP contribution in [0.1, 0.15) is 18.7 Å². The Bertz CT molecular complexity index is 1060. The van der Waals surface area contributed by atoms with Gasteiger partial charge in [-0.3, -0.25) is 4.79 Å². The number of ether oxygens (including phenoxy) is 2. The van der Waals surface area contributed by atoms with E-state index in [0.29, 0.717) is 36.8 Å². The molecule has 1 fully saturated rings. The standard InChI is InChI=1S/C22H24N6O3/c1-30-17-5-2-4-16(14-17)26-19(29)18-15-28-13-10-23-20(28)22(31-18)6-11-27(12-7-22)21-24-8-3-9-25-21/h2-5,8-10,13-14,18H,6-7,11-12,15H2,1H3,(H,26,29)/t18-/m1/s1. The first kappa shape index (κ1) is 19.5. The van der Waals surface area contributed by atoms with Crippen molar-refractivity contribution in [2.24, 2.45) is 0 Å². The van der Waals surface area contributed by atoms with Crippen LogP contribution < -0.4 is 15.0 Å². The van der Waals surface area contributed by atoms with Crippen molar-refractivity contribution in [2.75, 3.05) is 30.4 Å². The molecule has 9 heteroatoms. The van der Waals surface area contributed by atoms with Crippen LogP contribution in [0.25, 0.3) is 0 Å². The maximum absolute atomic E-state index is 13.1. The van der Waals surface area contributed by atoms with Crippen LogP contribution in [0.3, 0.4) is 0 Å². The normalized spacial score (nSPS) is 19.6. The first-order valence-electron chi connectivity index (χ1n) is 10.3. The molecule has 9 nitrogen and oxygen atoms in total. The van der Waals surface area contributed by atoms with E-state index in [1.54, 1.807) is 31.8 Å². The summed E-state index contributed by atoms with van der Waals surface area (Å²) in [6.45, 7) is 1.88. The number of benzene rings is 1. The topological polar surface area (TPSA) is 94.4 Å². The van der Waals surface area contributed by atoms with E-state index in [1.807, 2.05) is 35.0 Å². The molecular formula is C22H24N6O3. The Balaban J connectivity index is 1.34. The quantitative estimate of drug-likeness (QED) is 0.692. The lowest BCUT2D eigenvalue weighted by Gasteiger charge is -2.45. The first-order valence-corrected chi connectivity index (χ1v) is 10.3. The molecule has 0 saturated carbocycles. The summed E-state index contributed by atoms with van der Waals surface area (Å²) in [6.07, 6.45) is 7.96. The fourth-order valence-electron chi connectivity index (χ4n) is 4.32. The second kappa shape index (κ2) is 7.99. The number of carbonyl (C=O) groups excluding carboxylic acids is 1. The van der Waals surface area contributed by atoms with E-state index in [4.69, 9.17) is 9.47 Å². The van der Waals surface area contributed by atoms with Gasteiger partial charge >= 0.3 is 0 Å². The van der Waals surface area contributed by atoms with Gasteiger partial charge in [-0.1, -0.05) is 6.07 Å². The molecule has 4 heterocycles. The second-order valence-corrected chi connectivity index (χ2v) is 7.76. The molecule has 0 unspecified atom stereocenters. The zero-order valence-corrected chi connectivity index (χ0v) is 17.3. The molecule has 1 atom stereocenters. The largest absolute Gasteiger partial charge is 0.497 e. The summed E-state index contributed by atoms with van der Waals surface area (Å²) in [5.74, 6) is 2.10. The highest BCUT2D eigenvalue weighted by Crippen LogP contribution is 2.40. The zero-order chi connectivity index (χ0) is 21.3. The minimum absolute atomic E-state index is 0.180. The van der Waals surface area contributed by atoms with Crippen molar-refractivity contribution in [3.63, 3.8) is 0 Å². The fourth-order valence-corrected chi connectivity index (χ4v) is 4.32. The number of methoxy groups -OCH3 is 1. The van der Waals surface area contributed by atoms with E-state index in [-0.39, 0.29) is 5.91 Å². The Morgan fingerprint density at radius 2 is 1.97 bits per heavy atom. The number of fused-ring (bicyclic) bond motifs is 2. The Kier molecular flexibility index (Phi) is 5.03. The van der Waals surface area contributed by atoms with Crippen molar-refractivity contribution in [3.05, 3.63) is 60.9 Å². The molecular weight excluding hydrogens is 396 g/mol. The van der Waals surface area contributed by atoms with Crippen LogP contribution in [0.4, 0.5) is 11.6 Å². The highest BCUT2D eigenvalue weighted by Gasteiger charge is 2.47. The predicted octanol–water partition coefficient (Wildman–Crippen LogP) is 2.21. The second-order valence-electron chi connectivity index (χ2n) is 7.76. The average Bonchev–Trinajstić information content (AvgIpc) is 3.30. The van der Waals surface area contributed by atoms with Gasteiger partial charge in [-0.25, -0.2) is 15.0 Å². The number of rotatable bonds is 4. The molecule has 1 N–H and O–H groups in total. The van der Waals surface area contributed by atoms with Crippen molar-refractivity contribution in [1.82, 2.24) is 19.5 Å². The lowest BCUT2D eigenvalue weighted by atomic mass is 9.88. The minimum Gasteiger partial charge on any atom is -0.497 e. The molecule has 2 aliphatic rings. The number of nitrogens with one attached hydrogen (secondary N) is 1. The van der Waals surface area contributed by atoms with Crippen molar-refractivity contribution in [3.8, 4) is 5.75 Å². The summed E-state index contributed by atoms with van der Waals surface area (Å²) < 4.78 is 13.8. The van der Waals surface area contributed by atoms with Gasteiger partial charge in [-0.15, -0.1) is 0 Å². The van der Waals surface area contributed by atoms with Crippen molar-refractivity contribution in [1.29, 1.82) is 0 Å². The monoisotopic (exact) mass is 420 g/mol. The summed E-state index contributed by atoms with van der Waals surface area (Å²) in [4.78, 5) is 28.5. The van der Waals surface area contributed by atoms with Gasteiger partial charge in [-0.05, 0) is 18.2 Å². The first-order chi connectivity index (χ1) is 15.2. The van der Waals surface area contributed by atoms with Crippen LogP contribution in [0.5, 0.6) is 5.75 Å². The number of nitrogens with zero attached hydrogens (tertiary/aromatic N) is 5. The van der Waals surface area contributed by atoms with E-state index >= 15 is 0 Å². The molecule has 0 aliphatic carbocycles. The Hall–Kier alpha value is -3.46. The number of hydrogen-bond donors (Lipinski definition) is 1. The summed E-state index contributed by atoms with van der Waals surface area (Å²) in [5, 5.41) is 2.96. The fraction of sp³-hybridized carbons (Fsp3) is 0.364. The van der Waals surface area contributed by atoms with Crippen LogP contribution >= 0.6 is 0 Å². The van der Waals surface area contributed by atoms with Gasteiger partial charge in [0.25, 0.3) is 5.91 Å². The molecule has 1 spiro atoms. The van der Waals surface area contributed by atoms with E-state index in [0.717, 1.165) is 18.9 Å². The van der Waals surface area contributed by atoms with Crippen LogP contribution in [-0.4, -0.2) is 51.7 Å². The number of amides is 1. The number of anilines is 2. The maximum atomic E-state index is 13.1. The zero-order valence-electron chi connectivity index (χ0n) is 17.3. The number of aromatic nitrogens is 4. The molecule has 1 aromatic carbocycles. The molecule has 160 valence electrons. The van der Waals surface area contributed by atoms with Gasteiger partial charge in [-0.2, -0.15) is 0 Å². The molecule has 0 bridgehead atoms. The molecule has 0 radical (unpaired) electrons. The molecule has 3 aromatic rings. The van der Waals surface area contributed by atoms with Crippen LogP contribution in [-0.2, 0) is 21.7 Å². The smallest absolute Gasteiger partial charge is 0.255 e. The van der Waals surface area contributed by atoms with Gasteiger partial charge in [0, 0.05) is 62.5 Å². The van der Waals surface area contributed by atoms with Gasteiger partial charge in [0.15, 0.2) is 6.10 Å².